The molecule has 1 fully saturated rings. The topological polar surface area (TPSA) is 30.8 Å². The van der Waals surface area contributed by atoms with E-state index in [1.165, 1.54) is 0 Å². The molecular formula is C24H21NO2. The molecule has 0 amide bonds. The zero-order valence-electron chi connectivity index (χ0n) is 15.0. The van der Waals surface area contributed by atoms with E-state index in [4.69, 9.17) is 9.47 Å². The fourth-order valence-electron chi connectivity index (χ4n) is 3.08. The Kier molecular flexibility index (Phi) is 5.56. The summed E-state index contributed by atoms with van der Waals surface area (Å²) in [5, 5.41) is 0. The molecule has 1 saturated heterocycles. The quantitative estimate of drug-likeness (QED) is 0.574. The first kappa shape index (κ1) is 17.4. The molecule has 0 unspecified atom stereocenters. The second kappa shape index (κ2) is 8.61. The summed E-state index contributed by atoms with van der Waals surface area (Å²) in [6.45, 7) is 1.41. The molecule has 27 heavy (non-hydrogen) atoms. The Morgan fingerprint density at radius 3 is 1.93 bits per heavy atom. The number of ether oxygens (including phenoxy) is 2. The molecule has 134 valence electrons. The number of hydrogen-bond acceptors (Lipinski definition) is 3. The number of benzene rings is 3. The summed E-state index contributed by atoms with van der Waals surface area (Å²) in [5.41, 5.74) is 4.86. The molecule has 0 aromatic heterocycles. The van der Waals surface area contributed by atoms with E-state index in [1.54, 1.807) is 0 Å². The van der Waals surface area contributed by atoms with E-state index in [9.17, 15) is 0 Å². The van der Waals surface area contributed by atoms with E-state index in [0.29, 0.717) is 13.2 Å². The highest BCUT2D eigenvalue weighted by molar-refractivity contribution is 5.99. The van der Waals surface area contributed by atoms with Crippen LogP contribution in [0.2, 0.25) is 0 Å². The Hall–Kier alpha value is -2.97. The minimum Gasteiger partial charge on any atom is -0.348 e. The monoisotopic (exact) mass is 355 g/mol. The highest BCUT2D eigenvalue weighted by atomic mass is 16.7. The Labute approximate surface area is 159 Å². The van der Waals surface area contributed by atoms with Crippen molar-refractivity contribution in [3.05, 3.63) is 102 Å². The summed E-state index contributed by atoms with van der Waals surface area (Å²) < 4.78 is 11.5. The van der Waals surface area contributed by atoms with Crippen molar-refractivity contribution >= 4 is 17.1 Å². The lowest BCUT2D eigenvalue weighted by atomic mass is 9.99. The molecule has 0 aliphatic carbocycles. The lowest BCUT2D eigenvalue weighted by Crippen LogP contribution is -2.17. The number of hydrogen-bond donors (Lipinski definition) is 0. The maximum atomic E-state index is 5.76. The second-order valence-corrected chi connectivity index (χ2v) is 6.32. The predicted molar refractivity (Wildman–Crippen MR) is 108 cm³/mol. The number of aliphatic imine (C=N–C) groups is 1. The minimum atomic E-state index is -0.364. The fraction of sp³-hybridized carbons (Fsp3) is 0.167. The van der Waals surface area contributed by atoms with Crippen molar-refractivity contribution < 1.29 is 9.47 Å². The van der Waals surface area contributed by atoms with Gasteiger partial charge < -0.3 is 9.47 Å². The van der Waals surface area contributed by atoms with E-state index in [2.05, 4.69) is 35.1 Å². The number of para-hydroxylation sites is 1. The van der Waals surface area contributed by atoms with E-state index in [0.717, 1.165) is 34.4 Å². The maximum absolute atomic E-state index is 5.76. The van der Waals surface area contributed by atoms with Gasteiger partial charge in [0.25, 0.3) is 0 Å². The van der Waals surface area contributed by atoms with Gasteiger partial charge in [0.05, 0.1) is 24.5 Å². The van der Waals surface area contributed by atoms with Crippen molar-refractivity contribution in [2.24, 2.45) is 4.99 Å². The molecule has 0 radical (unpaired) electrons. The van der Waals surface area contributed by atoms with Crippen LogP contribution in [0.15, 0.2) is 89.9 Å². The lowest BCUT2D eigenvalue weighted by Gasteiger charge is -2.24. The van der Waals surface area contributed by atoms with Crippen LogP contribution in [0.25, 0.3) is 5.57 Å². The minimum absolute atomic E-state index is 0.364. The van der Waals surface area contributed by atoms with Gasteiger partial charge in [-0.3, -0.25) is 0 Å². The molecule has 3 aromatic carbocycles. The van der Waals surface area contributed by atoms with E-state index >= 15 is 0 Å². The van der Waals surface area contributed by atoms with Crippen molar-refractivity contribution in [1.29, 1.82) is 0 Å². The van der Waals surface area contributed by atoms with Gasteiger partial charge >= 0.3 is 0 Å². The van der Waals surface area contributed by atoms with Gasteiger partial charge in [0.1, 0.15) is 0 Å². The molecule has 1 aliphatic heterocycles. The van der Waals surface area contributed by atoms with Crippen LogP contribution in [0, 0.1) is 0 Å². The number of rotatable bonds is 4. The third-order valence-electron chi connectivity index (χ3n) is 4.43. The first-order valence-corrected chi connectivity index (χ1v) is 9.18. The highest BCUT2D eigenvalue weighted by Crippen LogP contribution is 2.31. The van der Waals surface area contributed by atoms with E-state index < -0.39 is 0 Å². The average molecular weight is 355 g/mol. The summed E-state index contributed by atoms with van der Waals surface area (Å²) in [6.07, 6.45) is 0.561. The largest absolute Gasteiger partial charge is 0.348 e. The maximum Gasteiger partial charge on any atom is 0.185 e. The molecule has 4 rings (SSSR count). The molecule has 3 heteroatoms. The SMILES string of the molecule is C(=Nc1ccccc1C1OCCCO1)=C(c1ccccc1)c1ccccc1. The normalized spacial score (nSPS) is 14.4. The summed E-state index contributed by atoms with van der Waals surface area (Å²) >= 11 is 0. The van der Waals surface area contributed by atoms with Crippen LogP contribution in [0.1, 0.15) is 29.4 Å². The van der Waals surface area contributed by atoms with Crippen LogP contribution in [0.5, 0.6) is 0 Å². The zero-order valence-corrected chi connectivity index (χ0v) is 15.0. The Balaban J connectivity index is 1.78. The predicted octanol–water partition coefficient (Wildman–Crippen LogP) is 5.56. The third-order valence-corrected chi connectivity index (χ3v) is 4.43. The molecule has 0 N–H and O–H groups in total. The van der Waals surface area contributed by atoms with Crippen LogP contribution in [0.4, 0.5) is 5.69 Å². The molecule has 3 aromatic rings. The molecule has 0 saturated carbocycles. The summed E-state index contributed by atoms with van der Waals surface area (Å²) in [6, 6.07) is 28.3. The van der Waals surface area contributed by atoms with Gasteiger partial charge in [-0.1, -0.05) is 78.9 Å². The first-order valence-electron chi connectivity index (χ1n) is 9.18. The van der Waals surface area contributed by atoms with E-state index in [-0.39, 0.29) is 6.29 Å². The van der Waals surface area contributed by atoms with Crippen molar-refractivity contribution in [3.63, 3.8) is 0 Å². The fourth-order valence-corrected chi connectivity index (χ4v) is 3.08. The average Bonchev–Trinajstić information content (AvgIpc) is 2.76. The standard InChI is InChI=1S/C24H21NO2/c1-3-10-19(11-4-1)22(20-12-5-2-6-13-20)18-25-23-15-8-7-14-21(23)24-26-16-9-17-27-24/h1-8,10-15,24H,9,16-17H2. The first-order chi connectivity index (χ1) is 13.4. The van der Waals surface area contributed by atoms with Crippen LogP contribution in [-0.4, -0.2) is 19.1 Å². The lowest BCUT2D eigenvalue weighted by molar-refractivity contribution is -0.182. The van der Waals surface area contributed by atoms with Crippen molar-refractivity contribution in [1.82, 2.24) is 0 Å². The van der Waals surface area contributed by atoms with Gasteiger partial charge in [-0.05, 0) is 29.5 Å². The van der Waals surface area contributed by atoms with Gasteiger partial charge in [-0.15, -0.1) is 0 Å². The molecule has 1 heterocycles. The number of nitrogens with zero attached hydrogens (tertiary/aromatic N) is 1. The third kappa shape index (κ3) is 4.24. The Morgan fingerprint density at radius 2 is 1.30 bits per heavy atom. The molecular weight excluding hydrogens is 334 g/mol. The van der Waals surface area contributed by atoms with Gasteiger partial charge in [0.2, 0.25) is 0 Å². The van der Waals surface area contributed by atoms with Crippen molar-refractivity contribution in [2.45, 2.75) is 12.7 Å². The highest BCUT2D eigenvalue weighted by Gasteiger charge is 2.19. The molecule has 3 nitrogen and oxygen atoms in total. The molecule has 0 spiro atoms. The van der Waals surface area contributed by atoms with Crippen LogP contribution < -0.4 is 0 Å². The molecule has 1 aliphatic rings. The van der Waals surface area contributed by atoms with Gasteiger partial charge in [0.15, 0.2) is 6.29 Å². The summed E-state index contributed by atoms with van der Waals surface area (Å²) in [4.78, 5) is 4.69. The summed E-state index contributed by atoms with van der Waals surface area (Å²) in [5.74, 6) is 3.28. The summed E-state index contributed by atoms with van der Waals surface area (Å²) in [7, 11) is 0. The smallest absolute Gasteiger partial charge is 0.185 e. The van der Waals surface area contributed by atoms with Crippen LogP contribution in [-0.2, 0) is 9.47 Å². The van der Waals surface area contributed by atoms with Crippen molar-refractivity contribution in [3.8, 4) is 0 Å². The zero-order chi connectivity index (χ0) is 18.3. The van der Waals surface area contributed by atoms with Gasteiger partial charge in [0, 0.05) is 5.56 Å². The van der Waals surface area contributed by atoms with Gasteiger partial charge in [-0.2, -0.15) is 0 Å². The Bertz CT molecular complexity index is 897. The molecule has 0 atom stereocenters. The Morgan fingerprint density at radius 1 is 0.741 bits per heavy atom. The van der Waals surface area contributed by atoms with E-state index in [1.807, 2.05) is 60.7 Å². The van der Waals surface area contributed by atoms with Crippen LogP contribution >= 0.6 is 0 Å². The van der Waals surface area contributed by atoms with Crippen molar-refractivity contribution in [2.75, 3.05) is 13.2 Å². The van der Waals surface area contributed by atoms with Gasteiger partial charge in [-0.25, -0.2) is 4.99 Å². The molecule has 0 bridgehead atoms. The second-order valence-electron chi connectivity index (χ2n) is 6.32. The van der Waals surface area contributed by atoms with Crippen LogP contribution in [0.3, 0.4) is 0 Å².